The first kappa shape index (κ1) is 13.3. The number of nitrogens with zero attached hydrogens (tertiary/aromatic N) is 4. The summed E-state index contributed by atoms with van der Waals surface area (Å²) in [4.78, 5) is 17.9. The smallest absolute Gasteiger partial charge is 0.293 e. The Hall–Kier alpha value is -1.69. The number of hydrogen-bond donors (Lipinski definition) is 0. The summed E-state index contributed by atoms with van der Waals surface area (Å²) in [6.07, 6.45) is 2.55. The summed E-state index contributed by atoms with van der Waals surface area (Å²) in [5.41, 5.74) is 1.31. The van der Waals surface area contributed by atoms with Gasteiger partial charge >= 0.3 is 0 Å². The van der Waals surface area contributed by atoms with Crippen LogP contribution in [0.1, 0.15) is 16.2 Å². The van der Waals surface area contributed by atoms with E-state index in [1.165, 1.54) is 5.56 Å². The number of aryl methyl sites for hydroxylation is 1. The van der Waals surface area contributed by atoms with Crippen molar-refractivity contribution in [1.29, 1.82) is 0 Å². The van der Waals surface area contributed by atoms with Gasteiger partial charge in [-0.3, -0.25) is 9.48 Å². The number of amides is 1. The number of rotatable bonds is 3. The lowest BCUT2D eigenvalue weighted by molar-refractivity contribution is 0.0488. The van der Waals surface area contributed by atoms with Gasteiger partial charge in [-0.2, -0.15) is 0 Å². The number of halogens is 1. The summed E-state index contributed by atoms with van der Waals surface area (Å²) >= 11 is 3.43. The number of hydrogen-bond acceptors (Lipinski definition) is 3. The van der Waals surface area contributed by atoms with E-state index in [4.69, 9.17) is 0 Å². The molecule has 0 radical (unpaired) electrons. The molecule has 0 atom stereocenters. The van der Waals surface area contributed by atoms with Crippen molar-refractivity contribution >= 4 is 21.8 Å². The maximum Gasteiger partial charge on any atom is 0.293 e. The van der Waals surface area contributed by atoms with Crippen molar-refractivity contribution in [3.05, 3.63) is 46.5 Å². The van der Waals surface area contributed by atoms with E-state index in [1.54, 1.807) is 23.0 Å². The summed E-state index contributed by atoms with van der Waals surface area (Å²) in [5, 5.41) is 4.04. The van der Waals surface area contributed by atoms with Crippen LogP contribution in [0.5, 0.6) is 0 Å². The summed E-state index contributed by atoms with van der Waals surface area (Å²) in [5.74, 6) is 0.746. The van der Waals surface area contributed by atoms with Crippen LogP contribution in [0.15, 0.2) is 35.1 Å². The maximum atomic E-state index is 12.1. The zero-order chi connectivity index (χ0) is 14.1. The van der Waals surface area contributed by atoms with Gasteiger partial charge < -0.3 is 4.90 Å². The summed E-state index contributed by atoms with van der Waals surface area (Å²) in [6, 6.07) is 8.34. The SMILES string of the molecule is Cn1cnc(C(=O)N2CC(Cc3ccc(Br)cc3)C2)n1. The van der Waals surface area contributed by atoms with E-state index < -0.39 is 0 Å². The lowest BCUT2D eigenvalue weighted by atomic mass is 9.92. The molecule has 20 heavy (non-hydrogen) atoms. The van der Waals surface area contributed by atoms with Crippen molar-refractivity contribution in [2.24, 2.45) is 13.0 Å². The van der Waals surface area contributed by atoms with Crippen LogP contribution in [0.2, 0.25) is 0 Å². The number of likely N-dealkylation sites (tertiary alicyclic amines) is 1. The zero-order valence-corrected chi connectivity index (χ0v) is 12.7. The van der Waals surface area contributed by atoms with E-state index >= 15 is 0 Å². The van der Waals surface area contributed by atoms with Gasteiger partial charge in [-0.15, -0.1) is 5.10 Å². The first-order valence-corrected chi connectivity index (χ1v) is 7.30. The Morgan fingerprint density at radius 3 is 2.65 bits per heavy atom. The molecule has 1 aliphatic rings. The number of benzene rings is 1. The lowest BCUT2D eigenvalue weighted by Crippen LogP contribution is -2.51. The quantitative estimate of drug-likeness (QED) is 0.861. The van der Waals surface area contributed by atoms with E-state index in [2.05, 4.69) is 50.3 Å². The molecule has 104 valence electrons. The second-order valence-electron chi connectivity index (χ2n) is 5.15. The molecule has 0 spiro atoms. The Morgan fingerprint density at radius 1 is 1.35 bits per heavy atom. The minimum atomic E-state index is -0.0716. The summed E-state index contributed by atoms with van der Waals surface area (Å²) in [6.45, 7) is 1.57. The molecule has 1 amide bonds. The van der Waals surface area contributed by atoms with Gasteiger partial charge in [0, 0.05) is 24.6 Å². The molecule has 1 fully saturated rings. The molecule has 2 heterocycles. The van der Waals surface area contributed by atoms with Crippen molar-refractivity contribution in [3.8, 4) is 0 Å². The molecule has 2 aromatic rings. The van der Waals surface area contributed by atoms with Gasteiger partial charge in [-0.05, 0) is 30.0 Å². The van der Waals surface area contributed by atoms with Crippen LogP contribution in [0, 0.1) is 5.92 Å². The Balaban J connectivity index is 1.53. The second kappa shape index (κ2) is 5.36. The van der Waals surface area contributed by atoms with E-state index in [1.807, 2.05) is 0 Å². The van der Waals surface area contributed by atoms with Crippen molar-refractivity contribution in [2.75, 3.05) is 13.1 Å². The molecule has 1 aliphatic heterocycles. The first-order valence-electron chi connectivity index (χ1n) is 6.51. The van der Waals surface area contributed by atoms with Crippen molar-refractivity contribution in [2.45, 2.75) is 6.42 Å². The van der Waals surface area contributed by atoms with E-state index in [0.717, 1.165) is 24.0 Å². The summed E-state index contributed by atoms with van der Waals surface area (Å²) in [7, 11) is 1.76. The van der Waals surface area contributed by atoms with E-state index in [0.29, 0.717) is 5.92 Å². The molecule has 3 rings (SSSR count). The molecule has 0 unspecified atom stereocenters. The Morgan fingerprint density at radius 2 is 2.05 bits per heavy atom. The van der Waals surface area contributed by atoms with Gasteiger partial charge in [0.25, 0.3) is 5.91 Å². The first-order chi connectivity index (χ1) is 9.61. The molecule has 5 nitrogen and oxygen atoms in total. The van der Waals surface area contributed by atoms with Crippen molar-refractivity contribution in [3.63, 3.8) is 0 Å². The Labute approximate surface area is 125 Å². The molecule has 1 saturated heterocycles. The molecule has 0 aliphatic carbocycles. The van der Waals surface area contributed by atoms with Crippen LogP contribution >= 0.6 is 15.9 Å². The van der Waals surface area contributed by atoms with Crippen LogP contribution in [-0.4, -0.2) is 38.7 Å². The second-order valence-corrected chi connectivity index (χ2v) is 6.06. The predicted molar refractivity (Wildman–Crippen MR) is 78.2 cm³/mol. The Bertz CT molecular complexity index is 616. The van der Waals surface area contributed by atoms with Crippen molar-refractivity contribution in [1.82, 2.24) is 19.7 Å². The molecule has 0 bridgehead atoms. The third-order valence-electron chi connectivity index (χ3n) is 3.47. The average Bonchev–Trinajstić information content (AvgIpc) is 2.81. The largest absolute Gasteiger partial charge is 0.335 e. The number of aromatic nitrogens is 3. The van der Waals surface area contributed by atoms with Gasteiger partial charge in [-0.1, -0.05) is 28.1 Å². The Kier molecular flexibility index (Phi) is 3.56. The highest BCUT2D eigenvalue weighted by Crippen LogP contribution is 2.22. The minimum Gasteiger partial charge on any atom is -0.335 e. The van der Waals surface area contributed by atoms with E-state index in [9.17, 15) is 4.79 Å². The molecule has 1 aromatic heterocycles. The van der Waals surface area contributed by atoms with Crippen LogP contribution in [0.3, 0.4) is 0 Å². The zero-order valence-electron chi connectivity index (χ0n) is 11.2. The van der Waals surface area contributed by atoms with Gasteiger partial charge in [0.15, 0.2) is 0 Å². The third-order valence-corrected chi connectivity index (χ3v) is 4.00. The van der Waals surface area contributed by atoms with Crippen molar-refractivity contribution < 1.29 is 4.79 Å². The van der Waals surface area contributed by atoms with E-state index in [-0.39, 0.29) is 11.7 Å². The molecule has 6 heteroatoms. The third kappa shape index (κ3) is 2.75. The van der Waals surface area contributed by atoms with Gasteiger partial charge in [0.1, 0.15) is 6.33 Å². The normalized spacial score (nSPS) is 15.2. The fourth-order valence-corrected chi connectivity index (χ4v) is 2.66. The van der Waals surface area contributed by atoms with Crippen LogP contribution in [0.25, 0.3) is 0 Å². The molecular weight excluding hydrogens is 320 g/mol. The minimum absolute atomic E-state index is 0.0716. The molecule has 0 N–H and O–H groups in total. The molecule has 1 aromatic carbocycles. The average molecular weight is 335 g/mol. The molecular formula is C14H15BrN4O. The highest BCUT2D eigenvalue weighted by molar-refractivity contribution is 9.10. The number of carbonyl (C=O) groups is 1. The predicted octanol–water partition coefficient (Wildman–Crippen LogP) is 1.89. The van der Waals surface area contributed by atoms with Crippen LogP contribution < -0.4 is 0 Å². The fourth-order valence-electron chi connectivity index (χ4n) is 2.40. The molecule has 0 saturated carbocycles. The number of carbonyl (C=O) groups excluding carboxylic acids is 1. The van der Waals surface area contributed by atoms with Crippen LogP contribution in [0.4, 0.5) is 0 Å². The maximum absolute atomic E-state index is 12.1. The van der Waals surface area contributed by atoms with Gasteiger partial charge in [0.05, 0.1) is 0 Å². The monoisotopic (exact) mass is 334 g/mol. The highest BCUT2D eigenvalue weighted by atomic mass is 79.9. The standard InChI is InChI=1S/C14H15BrN4O/c1-18-9-16-13(17-18)14(20)19-7-11(8-19)6-10-2-4-12(15)5-3-10/h2-5,9,11H,6-8H2,1H3. The van der Waals surface area contributed by atoms with Crippen LogP contribution in [-0.2, 0) is 13.5 Å². The topological polar surface area (TPSA) is 51.0 Å². The summed E-state index contributed by atoms with van der Waals surface area (Å²) < 4.78 is 2.64. The lowest BCUT2D eigenvalue weighted by Gasteiger charge is -2.38. The van der Waals surface area contributed by atoms with Gasteiger partial charge in [-0.25, -0.2) is 4.98 Å². The highest BCUT2D eigenvalue weighted by Gasteiger charge is 2.32. The van der Waals surface area contributed by atoms with Gasteiger partial charge in [0.2, 0.25) is 5.82 Å². The fraction of sp³-hybridized carbons (Fsp3) is 0.357.